The van der Waals surface area contributed by atoms with Gasteiger partial charge in [0.1, 0.15) is 0 Å². The Morgan fingerprint density at radius 2 is 1.47 bits per heavy atom. The number of hydrogen-bond donors (Lipinski definition) is 0. The molecule has 3 heterocycles. The van der Waals surface area contributed by atoms with Crippen LogP contribution < -0.4 is 0 Å². The molecule has 0 aromatic carbocycles. The molecule has 0 amide bonds. The van der Waals surface area contributed by atoms with E-state index in [1.807, 2.05) is 0 Å². The number of rotatable bonds is 1. The third kappa shape index (κ3) is 2.95. The molecule has 2 atom stereocenters. The van der Waals surface area contributed by atoms with Crippen molar-refractivity contribution in [2.45, 2.75) is 37.4 Å². The summed E-state index contributed by atoms with van der Waals surface area (Å²) in [6.07, 6.45) is 4.22. The largest absolute Gasteiger partial charge is 0.306 e. The van der Waals surface area contributed by atoms with Crippen LogP contribution in [-0.4, -0.2) is 73.1 Å². The Balaban J connectivity index is 0.000000722. The lowest BCUT2D eigenvalue weighted by Gasteiger charge is -2.41. The molecule has 102 valence electrons. The van der Waals surface area contributed by atoms with E-state index in [-0.39, 0.29) is 27.0 Å². The van der Waals surface area contributed by atoms with Crippen molar-refractivity contribution in [1.82, 2.24) is 14.7 Å². The van der Waals surface area contributed by atoms with E-state index in [1.165, 1.54) is 45.4 Å². The molecule has 2 bridgehead atoms. The molecule has 17 heavy (non-hydrogen) atoms. The Morgan fingerprint density at radius 3 is 1.94 bits per heavy atom. The lowest BCUT2D eigenvalue weighted by molar-refractivity contribution is 0.0693. The Kier molecular flexibility index (Phi) is 5.66. The topological polar surface area (TPSA) is 9.72 Å². The van der Waals surface area contributed by atoms with E-state index in [9.17, 15) is 0 Å². The average Bonchev–Trinajstić information content (AvgIpc) is 2.77. The molecule has 0 N–H and O–H groups in total. The van der Waals surface area contributed by atoms with Crippen LogP contribution in [-0.2, 0) is 0 Å². The second-order valence-corrected chi connectivity index (χ2v) is 5.71. The van der Waals surface area contributed by atoms with Gasteiger partial charge in [0.2, 0.25) is 0 Å². The van der Waals surface area contributed by atoms with Gasteiger partial charge in [-0.15, -0.1) is 0 Å². The molecule has 3 fully saturated rings. The van der Waals surface area contributed by atoms with Crippen LogP contribution in [0.25, 0.3) is 0 Å². The third-order valence-electron chi connectivity index (χ3n) is 4.71. The van der Waals surface area contributed by atoms with Gasteiger partial charge in [0.05, 0.1) is 0 Å². The highest BCUT2D eigenvalue weighted by Gasteiger charge is 2.44. The Labute approximate surface area is 119 Å². The summed E-state index contributed by atoms with van der Waals surface area (Å²) in [5, 5.41) is 0. The normalized spacial score (nSPS) is 35.6. The fraction of sp³-hybridized carbons (Fsp3) is 1.00. The van der Waals surface area contributed by atoms with Gasteiger partial charge in [0.15, 0.2) is 0 Å². The smallest absolute Gasteiger partial charge is 0.0242 e. The number of nitrogens with zero attached hydrogens (tertiary/aromatic N) is 3. The molecule has 0 radical (unpaired) electrons. The molecule has 2 unspecified atom stereocenters. The summed E-state index contributed by atoms with van der Waals surface area (Å²) in [6.45, 7) is 5.26. The maximum Gasteiger partial charge on any atom is 0.0242 e. The zero-order valence-corrected chi connectivity index (χ0v) is 13.0. The van der Waals surface area contributed by atoms with E-state index in [2.05, 4.69) is 28.8 Å². The zero-order chi connectivity index (χ0) is 10.4. The first-order chi connectivity index (χ1) is 7.24. The average molecular weight is 278 g/mol. The van der Waals surface area contributed by atoms with Gasteiger partial charge in [-0.25, -0.2) is 0 Å². The van der Waals surface area contributed by atoms with Crippen LogP contribution in [0.4, 0.5) is 0 Å². The number of hydrogen-bond acceptors (Lipinski definition) is 3. The molecular weight excluding hydrogens is 250 g/mol. The lowest BCUT2D eigenvalue weighted by Crippen LogP contribution is -2.52. The first-order valence-electron chi connectivity index (χ1n) is 6.38. The molecule has 3 saturated heterocycles. The van der Waals surface area contributed by atoms with Crippen LogP contribution in [0.2, 0.25) is 0 Å². The van der Waals surface area contributed by atoms with Gasteiger partial charge in [-0.2, -0.15) is 27.0 Å². The van der Waals surface area contributed by atoms with Crippen molar-refractivity contribution < 1.29 is 0 Å². The molecule has 0 saturated carbocycles. The van der Waals surface area contributed by atoms with Crippen molar-refractivity contribution in [2.75, 3.05) is 40.3 Å². The molecule has 0 aromatic rings. The van der Waals surface area contributed by atoms with Crippen LogP contribution in [0.5, 0.6) is 0 Å². The molecule has 3 rings (SSSR count). The fourth-order valence-electron chi connectivity index (χ4n) is 3.67. The van der Waals surface area contributed by atoms with Gasteiger partial charge in [-0.3, -0.25) is 4.90 Å². The lowest BCUT2D eigenvalue weighted by atomic mass is 10.0. The summed E-state index contributed by atoms with van der Waals surface area (Å²) in [5.41, 5.74) is 0. The van der Waals surface area contributed by atoms with Crippen LogP contribution in [0.15, 0.2) is 0 Å². The molecule has 0 aliphatic carbocycles. The van der Waals surface area contributed by atoms with Gasteiger partial charge >= 0.3 is 0 Å². The molecular formula is C12H27N3S2. The van der Waals surface area contributed by atoms with Gasteiger partial charge in [0.25, 0.3) is 0 Å². The highest BCUT2D eigenvalue weighted by atomic mass is 32.1. The Hall–Kier alpha value is 0.580. The number of piperazine rings is 1. The minimum absolute atomic E-state index is 0. The van der Waals surface area contributed by atoms with Crippen LogP contribution in [0, 0.1) is 0 Å². The Morgan fingerprint density at radius 1 is 0.824 bits per heavy atom. The second kappa shape index (κ2) is 6.15. The molecule has 5 heteroatoms. The minimum atomic E-state index is 0. The maximum absolute atomic E-state index is 2.82. The Bertz CT molecular complexity index is 242. The monoisotopic (exact) mass is 277 g/mol. The molecule has 3 aliphatic rings. The minimum Gasteiger partial charge on any atom is -0.306 e. The van der Waals surface area contributed by atoms with E-state index in [0.717, 1.165) is 18.1 Å². The van der Waals surface area contributed by atoms with E-state index in [1.54, 1.807) is 0 Å². The van der Waals surface area contributed by atoms with Gasteiger partial charge < -0.3 is 9.80 Å². The highest BCUT2D eigenvalue weighted by Crippen LogP contribution is 2.33. The van der Waals surface area contributed by atoms with Crippen LogP contribution in [0.1, 0.15) is 19.3 Å². The van der Waals surface area contributed by atoms with Crippen molar-refractivity contribution in [3.63, 3.8) is 0 Å². The van der Waals surface area contributed by atoms with Crippen molar-refractivity contribution in [1.29, 1.82) is 0 Å². The maximum atomic E-state index is 2.82. The SMILES string of the molecule is CN1CCC(N2CC3CC2CN3C)CC1.S.S. The summed E-state index contributed by atoms with van der Waals surface area (Å²) < 4.78 is 0. The molecule has 0 aromatic heterocycles. The zero-order valence-electron chi connectivity index (χ0n) is 11.0. The first-order valence-corrected chi connectivity index (χ1v) is 6.38. The van der Waals surface area contributed by atoms with Gasteiger partial charge in [0, 0.05) is 31.2 Å². The van der Waals surface area contributed by atoms with Crippen molar-refractivity contribution in [2.24, 2.45) is 0 Å². The summed E-state index contributed by atoms with van der Waals surface area (Å²) in [7, 11) is 4.54. The van der Waals surface area contributed by atoms with E-state index >= 15 is 0 Å². The molecule has 3 nitrogen and oxygen atoms in total. The van der Waals surface area contributed by atoms with Crippen molar-refractivity contribution >= 4 is 27.0 Å². The number of likely N-dealkylation sites (N-methyl/N-ethyl adjacent to an activating group) is 1. The second-order valence-electron chi connectivity index (χ2n) is 5.71. The molecule has 0 spiro atoms. The van der Waals surface area contributed by atoms with Crippen molar-refractivity contribution in [3.8, 4) is 0 Å². The summed E-state index contributed by atoms with van der Waals surface area (Å²) in [4.78, 5) is 7.84. The summed E-state index contributed by atoms with van der Waals surface area (Å²) in [6, 6.07) is 2.65. The summed E-state index contributed by atoms with van der Waals surface area (Å²) >= 11 is 0. The van der Waals surface area contributed by atoms with Gasteiger partial charge in [-0.05, 0) is 46.4 Å². The van der Waals surface area contributed by atoms with Crippen LogP contribution in [0.3, 0.4) is 0 Å². The van der Waals surface area contributed by atoms with E-state index < -0.39 is 0 Å². The predicted octanol–water partition coefficient (Wildman–Crippen LogP) is 0.694. The van der Waals surface area contributed by atoms with E-state index in [4.69, 9.17) is 0 Å². The van der Waals surface area contributed by atoms with Crippen LogP contribution >= 0.6 is 27.0 Å². The van der Waals surface area contributed by atoms with Crippen molar-refractivity contribution in [3.05, 3.63) is 0 Å². The summed E-state index contributed by atoms with van der Waals surface area (Å²) in [5.74, 6) is 0. The quantitative estimate of drug-likeness (QED) is 0.698. The van der Waals surface area contributed by atoms with E-state index in [0.29, 0.717) is 0 Å². The number of likely N-dealkylation sites (tertiary alicyclic amines) is 3. The fourth-order valence-corrected chi connectivity index (χ4v) is 3.67. The third-order valence-corrected chi connectivity index (χ3v) is 4.71. The molecule has 3 aliphatic heterocycles. The van der Waals surface area contributed by atoms with Gasteiger partial charge in [-0.1, -0.05) is 0 Å². The highest BCUT2D eigenvalue weighted by molar-refractivity contribution is 7.59. The number of fused-ring (bicyclic) bond motifs is 2. The first kappa shape index (κ1) is 15.6. The standard InChI is InChI=1S/C12H23N3.2H2S/c1-13-5-3-10(4-6-13)15-9-11-7-12(15)8-14(11)2;;/h10-12H,3-9H2,1-2H3;2*1H2. The predicted molar refractivity (Wildman–Crippen MR) is 82.8 cm³/mol. The number of piperidine rings is 1.